The molecule has 2 heterocycles. The van der Waals surface area contributed by atoms with Crippen molar-refractivity contribution in [2.75, 3.05) is 26.2 Å². The fourth-order valence-corrected chi connectivity index (χ4v) is 2.18. The van der Waals surface area contributed by atoms with E-state index in [0.29, 0.717) is 6.10 Å². The van der Waals surface area contributed by atoms with Gasteiger partial charge in [-0.3, -0.25) is 0 Å². The largest absolute Gasteiger partial charge is 0.393 e. The standard InChI is InChI=1S/C10H19NO2/c12-9-3-5-11(6-4-9)8-10-2-1-7-13-10/h9-10,12H,1-8H2/t10-/m1/s1. The van der Waals surface area contributed by atoms with Crippen molar-refractivity contribution in [3.63, 3.8) is 0 Å². The van der Waals surface area contributed by atoms with E-state index in [0.717, 1.165) is 39.1 Å². The third kappa shape index (κ3) is 2.66. The van der Waals surface area contributed by atoms with Crippen LogP contribution in [0.3, 0.4) is 0 Å². The Morgan fingerprint density at radius 1 is 1.23 bits per heavy atom. The van der Waals surface area contributed by atoms with Crippen molar-refractivity contribution in [3.05, 3.63) is 0 Å². The SMILES string of the molecule is OC1CCN(C[C@H]2CCCO2)CC1. The molecule has 0 aromatic carbocycles. The van der Waals surface area contributed by atoms with E-state index in [1.807, 2.05) is 0 Å². The van der Waals surface area contributed by atoms with E-state index < -0.39 is 0 Å². The van der Waals surface area contributed by atoms with Crippen molar-refractivity contribution in [1.29, 1.82) is 0 Å². The Kier molecular flexibility index (Phi) is 3.19. The Morgan fingerprint density at radius 2 is 2.00 bits per heavy atom. The Labute approximate surface area is 79.7 Å². The van der Waals surface area contributed by atoms with E-state index in [9.17, 15) is 5.11 Å². The molecule has 3 nitrogen and oxygen atoms in total. The average Bonchev–Trinajstić information content (AvgIpc) is 2.62. The molecule has 0 spiro atoms. The summed E-state index contributed by atoms with van der Waals surface area (Å²) in [4.78, 5) is 2.42. The lowest BCUT2D eigenvalue weighted by atomic mass is 10.1. The molecule has 0 saturated carbocycles. The molecule has 0 radical (unpaired) electrons. The number of rotatable bonds is 2. The molecule has 0 aliphatic carbocycles. The van der Waals surface area contributed by atoms with Crippen LogP contribution in [0.2, 0.25) is 0 Å². The number of likely N-dealkylation sites (tertiary alicyclic amines) is 1. The third-order valence-corrected chi connectivity index (χ3v) is 3.04. The van der Waals surface area contributed by atoms with Crippen LogP contribution in [0.5, 0.6) is 0 Å². The summed E-state index contributed by atoms with van der Waals surface area (Å²) < 4.78 is 5.58. The summed E-state index contributed by atoms with van der Waals surface area (Å²) in [6.45, 7) is 4.11. The summed E-state index contributed by atoms with van der Waals surface area (Å²) in [7, 11) is 0. The van der Waals surface area contributed by atoms with Crippen LogP contribution in [0.15, 0.2) is 0 Å². The molecule has 2 saturated heterocycles. The van der Waals surface area contributed by atoms with E-state index in [2.05, 4.69) is 4.90 Å². The van der Waals surface area contributed by atoms with Crippen LogP contribution in [-0.2, 0) is 4.74 Å². The second-order valence-electron chi connectivity index (χ2n) is 4.17. The number of hydrogen-bond acceptors (Lipinski definition) is 3. The van der Waals surface area contributed by atoms with Crippen molar-refractivity contribution < 1.29 is 9.84 Å². The van der Waals surface area contributed by atoms with Gasteiger partial charge >= 0.3 is 0 Å². The Balaban J connectivity index is 1.69. The first kappa shape index (κ1) is 9.44. The minimum Gasteiger partial charge on any atom is -0.393 e. The van der Waals surface area contributed by atoms with Crippen LogP contribution >= 0.6 is 0 Å². The van der Waals surface area contributed by atoms with Gasteiger partial charge in [-0.15, -0.1) is 0 Å². The van der Waals surface area contributed by atoms with Crippen LogP contribution in [0.4, 0.5) is 0 Å². The molecule has 2 fully saturated rings. The van der Waals surface area contributed by atoms with Gasteiger partial charge in [-0.05, 0) is 25.7 Å². The molecule has 2 aliphatic rings. The number of aliphatic hydroxyl groups is 1. The third-order valence-electron chi connectivity index (χ3n) is 3.04. The summed E-state index contributed by atoms with van der Waals surface area (Å²) in [5.74, 6) is 0. The molecular formula is C10H19NO2. The van der Waals surface area contributed by atoms with Crippen LogP contribution in [0.25, 0.3) is 0 Å². The first-order valence-electron chi connectivity index (χ1n) is 5.36. The maximum Gasteiger partial charge on any atom is 0.0702 e. The smallest absolute Gasteiger partial charge is 0.0702 e. The predicted molar refractivity (Wildman–Crippen MR) is 50.7 cm³/mol. The maximum absolute atomic E-state index is 9.33. The lowest BCUT2D eigenvalue weighted by Crippen LogP contribution is -2.40. The summed E-state index contributed by atoms with van der Waals surface area (Å²) in [5.41, 5.74) is 0. The van der Waals surface area contributed by atoms with Gasteiger partial charge in [-0.25, -0.2) is 0 Å². The molecule has 0 aromatic rings. The van der Waals surface area contributed by atoms with Gasteiger partial charge < -0.3 is 14.7 Å². The van der Waals surface area contributed by atoms with E-state index in [1.165, 1.54) is 12.8 Å². The van der Waals surface area contributed by atoms with Gasteiger partial charge in [-0.1, -0.05) is 0 Å². The number of hydrogen-bond donors (Lipinski definition) is 1. The van der Waals surface area contributed by atoms with E-state index >= 15 is 0 Å². The monoisotopic (exact) mass is 185 g/mol. The predicted octanol–water partition coefficient (Wildman–Crippen LogP) is 0.622. The van der Waals surface area contributed by atoms with E-state index in [-0.39, 0.29) is 6.10 Å². The highest BCUT2D eigenvalue weighted by Crippen LogP contribution is 2.16. The van der Waals surface area contributed by atoms with Gasteiger partial charge in [0.2, 0.25) is 0 Å². The zero-order valence-electron chi connectivity index (χ0n) is 8.11. The second kappa shape index (κ2) is 4.40. The van der Waals surface area contributed by atoms with Gasteiger partial charge in [0, 0.05) is 26.2 Å². The fraction of sp³-hybridized carbons (Fsp3) is 1.00. The Bertz CT molecular complexity index is 149. The number of aliphatic hydroxyl groups excluding tert-OH is 1. The molecule has 1 N–H and O–H groups in total. The maximum atomic E-state index is 9.33. The van der Waals surface area contributed by atoms with Crippen LogP contribution < -0.4 is 0 Å². The van der Waals surface area contributed by atoms with Crippen molar-refractivity contribution in [2.24, 2.45) is 0 Å². The van der Waals surface area contributed by atoms with Crippen molar-refractivity contribution in [3.8, 4) is 0 Å². The molecular weight excluding hydrogens is 166 g/mol. The van der Waals surface area contributed by atoms with Crippen molar-refractivity contribution in [2.45, 2.75) is 37.9 Å². The number of ether oxygens (including phenoxy) is 1. The molecule has 3 heteroatoms. The molecule has 76 valence electrons. The number of piperidine rings is 1. The fourth-order valence-electron chi connectivity index (χ4n) is 2.18. The zero-order chi connectivity index (χ0) is 9.10. The Hall–Kier alpha value is -0.120. The Morgan fingerprint density at radius 3 is 2.62 bits per heavy atom. The van der Waals surface area contributed by atoms with Crippen molar-refractivity contribution >= 4 is 0 Å². The lowest BCUT2D eigenvalue weighted by molar-refractivity contribution is 0.0372. The first-order chi connectivity index (χ1) is 6.34. The van der Waals surface area contributed by atoms with Crippen LogP contribution in [-0.4, -0.2) is 48.5 Å². The van der Waals surface area contributed by atoms with Gasteiger partial charge in [0.25, 0.3) is 0 Å². The summed E-state index contributed by atoms with van der Waals surface area (Å²) >= 11 is 0. The normalized spacial score (nSPS) is 32.5. The minimum absolute atomic E-state index is 0.0549. The van der Waals surface area contributed by atoms with Gasteiger partial charge in [0.05, 0.1) is 12.2 Å². The lowest BCUT2D eigenvalue weighted by Gasteiger charge is -2.31. The molecule has 0 bridgehead atoms. The number of nitrogens with zero attached hydrogens (tertiary/aromatic N) is 1. The van der Waals surface area contributed by atoms with E-state index in [1.54, 1.807) is 0 Å². The summed E-state index contributed by atoms with van der Waals surface area (Å²) in [6, 6.07) is 0. The second-order valence-corrected chi connectivity index (χ2v) is 4.17. The molecule has 13 heavy (non-hydrogen) atoms. The highest BCUT2D eigenvalue weighted by molar-refractivity contribution is 4.75. The quantitative estimate of drug-likeness (QED) is 0.684. The van der Waals surface area contributed by atoms with Crippen LogP contribution in [0, 0.1) is 0 Å². The molecule has 0 unspecified atom stereocenters. The summed E-state index contributed by atoms with van der Waals surface area (Å²) in [5, 5.41) is 9.33. The minimum atomic E-state index is -0.0549. The zero-order valence-corrected chi connectivity index (χ0v) is 8.11. The summed E-state index contributed by atoms with van der Waals surface area (Å²) in [6.07, 6.45) is 4.73. The van der Waals surface area contributed by atoms with Crippen LogP contribution in [0.1, 0.15) is 25.7 Å². The molecule has 2 aliphatic heterocycles. The van der Waals surface area contributed by atoms with Crippen molar-refractivity contribution in [1.82, 2.24) is 4.90 Å². The highest BCUT2D eigenvalue weighted by Gasteiger charge is 2.22. The van der Waals surface area contributed by atoms with E-state index in [4.69, 9.17) is 4.74 Å². The van der Waals surface area contributed by atoms with Gasteiger partial charge in [0.15, 0.2) is 0 Å². The average molecular weight is 185 g/mol. The van der Waals surface area contributed by atoms with Gasteiger partial charge in [0.1, 0.15) is 0 Å². The molecule has 2 rings (SSSR count). The molecule has 0 amide bonds. The first-order valence-corrected chi connectivity index (χ1v) is 5.36. The molecule has 1 atom stereocenters. The molecule has 0 aromatic heterocycles. The highest BCUT2D eigenvalue weighted by atomic mass is 16.5. The van der Waals surface area contributed by atoms with Gasteiger partial charge in [-0.2, -0.15) is 0 Å². The topological polar surface area (TPSA) is 32.7 Å².